The molecule has 0 radical (unpaired) electrons. The van der Waals surface area contributed by atoms with Gasteiger partial charge in [-0.25, -0.2) is 4.79 Å². The van der Waals surface area contributed by atoms with Crippen molar-refractivity contribution < 1.29 is 14.3 Å². The summed E-state index contributed by atoms with van der Waals surface area (Å²) in [6.07, 6.45) is 7.54. The Bertz CT molecular complexity index is 353. The Labute approximate surface area is 88.5 Å². The van der Waals surface area contributed by atoms with Crippen LogP contribution in [0.1, 0.15) is 13.8 Å². The first-order valence-corrected chi connectivity index (χ1v) is 4.68. The number of carbonyl (C=O) groups excluding carboxylic acids is 2. The molecule has 1 heterocycles. The molecule has 1 aliphatic heterocycles. The lowest BCUT2D eigenvalue weighted by atomic mass is 10.2. The van der Waals surface area contributed by atoms with Gasteiger partial charge in [0.25, 0.3) is 0 Å². The van der Waals surface area contributed by atoms with E-state index in [1.165, 1.54) is 18.0 Å². The van der Waals surface area contributed by atoms with Crippen molar-refractivity contribution in [3.63, 3.8) is 0 Å². The first kappa shape index (κ1) is 11.2. The summed E-state index contributed by atoms with van der Waals surface area (Å²) in [6.45, 7) is 3.48. The average Bonchev–Trinajstić information content (AvgIpc) is 2.43. The van der Waals surface area contributed by atoms with Crippen LogP contribution in [-0.4, -0.2) is 23.4 Å². The molecule has 0 unspecified atom stereocenters. The number of nitrogens with zero attached hydrogens (tertiary/aromatic N) is 1. The van der Waals surface area contributed by atoms with Crippen LogP contribution in [0.3, 0.4) is 0 Å². The Morgan fingerprint density at radius 2 is 2.13 bits per heavy atom. The van der Waals surface area contributed by atoms with Crippen LogP contribution in [0.5, 0.6) is 0 Å². The second-order valence-corrected chi connectivity index (χ2v) is 2.95. The van der Waals surface area contributed by atoms with Crippen LogP contribution >= 0.6 is 0 Å². The van der Waals surface area contributed by atoms with E-state index in [9.17, 15) is 9.59 Å². The van der Waals surface area contributed by atoms with Crippen LogP contribution in [-0.2, 0) is 9.53 Å². The number of rotatable bonds is 2. The molecule has 1 amide bonds. The first-order valence-electron chi connectivity index (χ1n) is 4.68. The second kappa shape index (κ2) is 5.14. The van der Waals surface area contributed by atoms with Gasteiger partial charge in [-0.2, -0.15) is 0 Å². The molecule has 0 aromatic rings. The van der Waals surface area contributed by atoms with Crippen molar-refractivity contribution in [2.24, 2.45) is 0 Å². The van der Waals surface area contributed by atoms with Crippen molar-refractivity contribution in [3.05, 3.63) is 36.2 Å². The predicted octanol–water partition coefficient (Wildman–Crippen LogP) is 2.00. The Morgan fingerprint density at radius 3 is 2.73 bits per heavy atom. The lowest BCUT2D eigenvalue weighted by Crippen LogP contribution is -2.21. The van der Waals surface area contributed by atoms with Crippen LogP contribution in [0.4, 0.5) is 4.79 Å². The highest BCUT2D eigenvalue weighted by Gasteiger charge is 2.12. The molecule has 4 nitrogen and oxygen atoms in total. The average molecular weight is 207 g/mol. The first-order chi connectivity index (χ1) is 7.15. The van der Waals surface area contributed by atoms with Gasteiger partial charge in [-0.05, 0) is 26.0 Å². The molecule has 0 bridgehead atoms. The van der Waals surface area contributed by atoms with E-state index in [1.807, 2.05) is 0 Å². The standard InChI is InChI=1S/C11H13NO3/c1-3-15-11(14)12-7-5-4-6-10(8-12)9(2)13/h4-8H,3H2,1-2H3. The van der Waals surface area contributed by atoms with Crippen molar-refractivity contribution in [1.29, 1.82) is 0 Å². The number of Topliss-reactive ketones (excluding diaryl/α,β-unsaturated/α-hetero) is 1. The van der Waals surface area contributed by atoms with Gasteiger partial charge in [-0.15, -0.1) is 0 Å². The van der Waals surface area contributed by atoms with Gasteiger partial charge in [-0.1, -0.05) is 6.08 Å². The molecular formula is C11H13NO3. The SMILES string of the molecule is CCOC(=O)N1C=CC=CC(C(C)=O)=C1. The molecule has 0 aromatic heterocycles. The van der Waals surface area contributed by atoms with Gasteiger partial charge in [0.05, 0.1) is 6.61 Å². The van der Waals surface area contributed by atoms with E-state index in [4.69, 9.17) is 4.74 Å². The van der Waals surface area contributed by atoms with Crippen LogP contribution in [0.2, 0.25) is 0 Å². The maximum Gasteiger partial charge on any atom is 0.417 e. The fraction of sp³-hybridized carbons (Fsp3) is 0.273. The molecule has 0 saturated heterocycles. The third-order valence-electron chi connectivity index (χ3n) is 1.80. The zero-order valence-electron chi connectivity index (χ0n) is 8.77. The minimum absolute atomic E-state index is 0.0933. The summed E-state index contributed by atoms with van der Waals surface area (Å²) in [6, 6.07) is 0. The summed E-state index contributed by atoms with van der Waals surface area (Å²) in [7, 11) is 0. The highest BCUT2D eigenvalue weighted by atomic mass is 16.5. The van der Waals surface area contributed by atoms with E-state index >= 15 is 0 Å². The fourth-order valence-corrected chi connectivity index (χ4v) is 1.06. The van der Waals surface area contributed by atoms with Gasteiger partial charge in [0, 0.05) is 18.0 Å². The largest absolute Gasteiger partial charge is 0.449 e. The molecule has 0 aliphatic carbocycles. The molecule has 15 heavy (non-hydrogen) atoms. The third-order valence-corrected chi connectivity index (χ3v) is 1.80. The van der Waals surface area contributed by atoms with Crippen molar-refractivity contribution in [1.82, 2.24) is 4.90 Å². The Morgan fingerprint density at radius 1 is 1.40 bits per heavy atom. The van der Waals surface area contributed by atoms with Gasteiger partial charge in [-0.3, -0.25) is 9.69 Å². The molecule has 0 saturated carbocycles. The van der Waals surface area contributed by atoms with E-state index in [2.05, 4.69) is 0 Å². The second-order valence-electron chi connectivity index (χ2n) is 2.95. The Kier molecular flexibility index (Phi) is 3.85. The summed E-state index contributed by atoms with van der Waals surface area (Å²) in [5, 5.41) is 0. The van der Waals surface area contributed by atoms with Crippen molar-refractivity contribution in [2.45, 2.75) is 13.8 Å². The van der Waals surface area contributed by atoms with Crippen LogP contribution in [0.25, 0.3) is 0 Å². The maximum absolute atomic E-state index is 11.4. The number of carbonyl (C=O) groups is 2. The smallest absolute Gasteiger partial charge is 0.417 e. The van der Waals surface area contributed by atoms with Gasteiger partial charge in [0.15, 0.2) is 5.78 Å². The molecule has 0 N–H and O–H groups in total. The zero-order valence-corrected chi connectivity index (χ0v) is 8.77. The van der Waals surface area contributed by atoms with Crippen LogP contribution < -0.4 is 0 Å². The van der Waals surface area contributed by atoms with E-state index in [1.54, 1.807) is 31.4 Å². The minimum atomic E-state index is -0.490. The van der Waals surface area contributed by atoms with Gasteiger partial charge in [0.2, 0.25) is 0 Å². The number of ether oxygens (including phenoxy) is 1. The molecular weight excluding hydrogens is 194 g/mol. The van der Waals surface area contributed by atoms with E-state index in [0.717, 1.165) is 0 Å². The molecule has 0 spiro atoms. The summed E-state index contributed by atoms with van der Waals surface area (Å²) in [5.74, 6) is -0.0933. The molecule has 1 rings (SSSR count). The number of hydrogen-bond donors (Lipinski definition) is 0. The van der Waals surface area contributed by atoms with E-state index in [-0.39, 0.29) is 5.78 Å². The molecule has 0 fully saturated rings. The van der Waals surface area contributed by atoms with E-state index < -0.39 is 6.09 Å². The highest BCUT2D eigenvalue weighted by Crippen LogP contribution is 2.08. The minimum Gasteiger partial charge on any atom is -0.449 e. The van der Waals surface area contributed by atoms with Crippen molar-refractivity contribution in [3.8, 4) is 0 Å². The topological polar surface area (TPSA) is 46.6 Å². The van der Waals surface area contributed by atoms with Gasteiger partial charge >= 0.3 is 6.09 Å². The number of ketones is 1. The maximum atomic E-state index is 11.4. The molecule has 1 aliphatic rings. The lowest BCUT2D eigenvalue weighted by Gasteiger charge is -2.12. The summed E-state index contributed by atoms with van der Waals surface area (Å²) in [4.78, 5) is 23.8. The molecule has 4 heteroatoms. The molecule has 0 aromatic carbocycles. The third kappa shape index (κ3) is 3.09. The van der Waals surface area contributed by atoms with Gasteiger partial charge < -0.3 is 4.74 Å². The fourth-order valence-electron chi connectivity index (χ4n) is 1.06. The molecule has 0 atom stereocenters. The lowest BCUT2D eigenvalue weighted by molar-refractivity contribution is -0.113. The Hall–Kier alpha value is -1.84. The van der Waals surface area contributed by atoms with Crippen LogP contribution in [0, 0.1) is 0 Å². The van der Waals surface area contributed by atoms with E-state index in [0.29, 0.717) is 12.2 Å². The Balaban J connectivity index is 2.86. The normalized spacial score (nSPS) is 14.5. The summed E-state index contributed by atoms with van der Waals surface area (Å²) >= 11 is 0. The van der Waals surface area contributed by atoms with Crippen LogP contribution in [0.15, 0.2) is 36.2 Å². The number of amides is 1. The van der Waals surface area contributed by atoms with Gasteiger partial charge in [0.1, 0.15) is 0 Å². The summed E-state index contributed by atoms with van der Waals surface area (Å²) < 4.78 is 4.82. The molecule has 80 valence electrons. The van der Waals surface area contributed by atoms with Crippen molar-refractivity contribution in [2.75, 3.05) is 6.61 Å². The van der Waals surface area contributed by atoms with Crippen molar-refractivity contribution >= 4 is 11.9 Å². The highest BCUT2D eigenvalue weighted by molar-refractivity contribution is 5.96. The monoisotopic (exact) mass is 207 g/mol. The summed E-state index contributed by atoms with van der Waals surface area (Å²) in [5.41, 5.74) is 0.466. The predicted molar refractivity (Wildman–Crippen MR) is 55.9 cm³/mol. The zero-order chi connectivity index (χ0) is 11.3. The number of hydrogen-bond acceptors (Lipinski definition) is 3. The quantitative estimate of drug-likeness (QED) is 0.695. The number of allylic oxidation sites excluding steroid dienone is 4.